The van der Waals surface area contributed by atoms with Gasteiger partial charge in [-0.25, -0.2) is 4.98 Å². The maximum atomic E-state index is 10.7. The maximum absolute atomic E-state index is 10.7. The Labute approximate surface area is 128 Å². The lowest BCUT2D eigenvalue weighted by Crippen LogP contribution is -1.98. The predicted octanol–water partition coefficient (Wildman–Crippen LogP) is 3.32. The first-order chi connectivity index (χ1) is 10.1. The number of ether oxygens (including phenoxy) is 1. The molecule has 0 fully saturated rings. The van der Waals surface area contributed by atoms with Gasteiger partial charge >= 0.3 is 5.97 Å². The quantitative estimate of drug-likeness (QED) is 0.852. The van der Waals surface area contributed by atoms with Crippen molar-refractivity contribution in [3.63, 3.8) is 0 Å². The number of hydrogen-bond donors (Lipinski definition) is 1. The van der Waals surface area contributed by atoms with Crippen molar-refractivity contribution in [2.24, 2.45) is 0 Å². The number of nitrogens with zero attached hydrogens (tertiary/aromatic N) is 1. The van der Waals surface area contributed by atoms with Crippen molar-refractivity contribution in [2.75, 3.05) is 7.11 Å². The number of aliphatic carboxylic acids is 1. The van der Waals surface area contributed by atoms with Gasteiger partial charge in [0, 0.05) is 11.3 Å². The summed E-state index contributed by atoms with van der Waals surface area (Å²) < 4.78 is 5.15. The van der Waals surface area contributed by atoms with E-state index in [-0.39, 0.29) is 6.42 Å². The Morgan fingerprint density at radius 2 is 2.05 bits per heavy atom. The van der Waals surface area contributed by atoms with Gasteiger partial charge in [0.15, 0.2) is 0 Å². The van der Waals surface area contributed by atoms with E-state index in [1.165, 1.54) is 5.56 Å². The van der Waals surface area contributed by atoms with Crippen LogP contribution in [0.5, 0.6) is 5.75 Å². The molecule has 0 saturated carbocycles. The van der Waals surface area contributed by atoms with E-state index in [0.29, 0.717) is 6.42 Å². The fourth-order valence-corrected chi connectivity index (χ4v) is 3.31. The van der Waals surface area contributed by atoms with Gasteiger partial charge in [0.2, 0.25) is 0 Å². The molecule has 0 spiro atoms. The number of carboxylic acids is 1. The van der Waals surface area contributed by atoms with E-state index in [1.54, 1.807) is 18.4 Å². The largest absolute Gasteiger partial charge is 0.497 e. The monoisotopic (exact) mass is 305 g/mol. The third kappa shape index (κ3) is 4.29. The predicted molar refractivity (Wildman–Crippen MR) is 83.2 cm³/mol. The molecule has 1 aromatic carbocycles. The van der Waals surface area contributed by atoms with Gasteiger partial charge in [-0.2, -0.15) is 0 Å². The summed E-state index contributed by atoms with van der Waals surface area (Å²) in [4.78, 5) is 16.4. The van der Waals surface area contributed by atoms with Crippen LogP contribution in [0.15, 0.2) is 24.3 Å². The zero-order chi connectivity index (χ0) is 15.2. The minimum absolute atomic E-state index is 0.164. The van der Waals surface area contributed by atoms with Crippen LogP contribution in [0.25, 0.3) is 0 Å². The lowest BCUT2D eigenvalue weighted by atomic mass is 10.1. The molecule has 2 aromatic rings. The van der Waals surface area contributed by atoms with Crippen LogP contribution in [-0.2, 0) is 24.1 Å². The third-order valence-corrected chi connectivity index (χ3v) is 4.40. The normalized spacial score (nSPS) is 10.6. The van der Waals surface area contributed by atoms with Gasteiger partial charge in [-0.3, -0.25) is 4.79 Å². The highest BCUT2D eigenvalue weighted by molar-refractivity contribution is 7.11. The second-order valence-electron chi connectivity index (χ2n) is 4.75. The van der Waals surface area contributed by atoms with Gasteiger partial charge in [0.25, 0.3) is 0 Å². The van der Waals surface area contributed by atoms with Crippen LogP contribution < -0.4 is 4.74 Å². The number of benzene rings is 1. The molecule has 112 valence electrons. The van der Waals surface area contributed by atoms with Gasteiger partial charge < -0.3 is 9.84 Å². The molecule has 0 amide bonds. The van der Waals surface area contributed by atoms with E-state index in [4.69, 9.17) is 9.84 Å². The molecule has 4 nitrogen and oxygen atoms in total. The van der Waals surface area contributed by atoms with Crippen LogP contribution >= 0.6 is 11.3 Å². The second-order valence-corrected chi connectivity index (χ2v) is 5.92. The lowest BCUT2D eigenvalue weighted by Gasteiger charge is -2.01. The molecule has 0 aliphatic carbocycles. The Hall–Kier alpha value is -1.88. The van der Waals surface area contributed by atoms with Crippen LogP contribution in [-0.4, -0.2) is 23.2 Å². The first-order valence-corrected chi connectivity index (χ1v) is 7.76. The van der Waals surface area contributed by atoms with Crippen LogP contribution in [0, 0.1) is 0 Å². The topological polar surface area (TPSA) is 59.4 Å². The molecular weight excluding hydrogens is 286 g/mol. The standard InChI is InChI=1S/C16H19NO3S/c1-3-13-14(8-9-16(18)19)21-15(17-13)10-11-4-6-12(20-2)7-5-11/h4-7H,3,8-10H2,1-2H3,(H,18,19). The number of aromatic nitrogens is 1. The van der Waals surface area contributed by atoms with Crippen molar-refractivity contribution in [3.05, 3.63) is 45.4 Å². The summed E-state index contributed by atoms with van der Waals surface area (Å²) in [6, 6.07) is 7.94. The van der Waals surface area contributed by atoms with Crippen molar-refractivity contribution in [2.45, 2.75) is 32.6 Å². The maximum Gasteiger partial charge on any atom is 0.303 e. The molecule has 5 heteroatoms. The van der Waals surface area contributed by atoms with E-state index >= 15 is 0 Å². The summed E-state index contributed by atoms with van der Waals surface area (Å²) in [5.74, 6) is 0.0800. The summed E-state index contributed by atoms with van der Waals surface area (Å²) in [6.07, 6.45) is 2.35. The summed E-state index contributed by atoms with van der Waals surface area (Å²) in [5, 5.41) is 9.84. The van der Waals surface area contributed by atoms with E-state index in [0.717, 1.165) is 34.2 Å². The molecule has 0 unspecified atom stereocenters. The van der Waals surface area contributed by atoms with Crippen molar-refractivity contribution in [1.29, 1.82) is 0 Å². The second kappa shape index (κ2) is 7.22. The highest BCUT2D eigenvalue weighted by atomic mass is 32.1. The highest BCUT2D eigenvalue weighted by Gasteiger charge is 2.11. The molecule has 0 atom stereocenters. The molecular formula is C16H19NO3S. The molecule has 1 aromatic heterocycles. The fourth-order valence-electron chi connectivity index (χ4n) is 2.12. The summed E-state index contributed by atoms with van der Waals surface area (Å²) in [5.41, 5.74) is 2.21. The van der Waals surface area contributed by atoms with Crippen LogP contribution in [0.4, 0.5) is 0 Å². The zero-order valence-corrected chi connectivity index (χ0v) is 13.1. The first kappa shape index (κ1) is 15.5. The van der Waals surface area contributed by atoms with E-state index in [2.05, 4.69) is 11.9 Å². The minimum Gasteiger partial charge on any atom is -0.497 e. The Morgan fingerprint density at radius 3 is 2.62 bits per heavy atom. The van der Waals surface area contributed by atoms with Gasteiger partial charge in [-0.1, -0.05) is 19.1 Å². The van der Waals surface area contributed by atoms with Crippen LogP contribution in [0.1, 0.15) is 34.5 Å². The first-order valence-electron chi connectivity index (χ1n) is 6.94. The minimum atomic E-state index is -0.762. The Bertz CT molecular complexity index is 604. The zero-order valence-electron chi connectivity index (χ0n) is 12.3. The van der Waals surface area contributed by atoms with Crippen LogP contribution in [0.3, 0.4) is 0 Å². The van der Waals surface area contributed by atoms with Gasteiger partial charge in [0.05, 0.1) is 24.2 Å². The average Bonchev–Trinajstić information content (AvgIpc) is 2.88. The number of methoxy groups -OCH3 is 1. The lowest BCUT2D eigenvalue weighted by molar-refractivity contribution is -0.136. The molecule has 2 rings (SSSR count). The molecule has 21 heavy (non-hydrogen) atoms. The number of carboxylic acid groups (broad SMARTS) is 1. The number of rotatable bonds is 7. The van der Waals surface area contributed by atoms with Crippen molar-refractivity contribution >= 4 is 17.3 Å². The number of aryl methyl sites for hydroxylation is 2. The summed E-state index contributed by atoms with van der Waals surface area (Å²) in [7, 11) is 1.65. The van der Waals surface area contributed by atoms with Crippen molar-refractivity contribution in [1.82, 2.24) is 4.98 Å². The van der Waals surface area contributed by atoms with E-state index in [9.17, 15) is 4.79 Å². The van der Waals surface area contributed by atoms with Crippen LogP contribution in [0.2, 0.25) is 0 Å². The highest BCUT2D eigenvalue weighted by Crippen LogP contribution is 2.24. The van der Waals surface area contributed by atoms with Gasteiger partial charge in [0.1, 0.15) is 5.75 Å². The molecule has 0 bridgehead atoms. The molecule has 0 radical (unpaired) electrons. The van der Waals surface area contributed by atoms with Crippen molar-refractivity contribution in [3.8, 4) is 5.75 Å². The fraction of sp³-hybridized carbons (Fsp3) is 0.375. The van der Waals surface area contributed by atoms with Gasteiger partial charge in [-0.05, 0) is 30.5 Å². The molecule has 1 heterocycles. The van der Waals surface area contributed by atoms with E-state index in [1.807, 2.05) is 24.3 Å². The summed E-state index contributed by atoms with van der Waals surface area (Å²) in [6.45, 7) is 2.05. The molecule has 0 saturated heterocycles. The van der Waals surface area contributed by atoms with E-state index < -0.39 is 5.97 Å². The smallest absolute Gasteiger partial charge is 0.303 e. The molecule has 0 aliphatic heterocycles. The molecule has 1 N–H and O–H groups in total. The van der Waals surface area contributed by atoms with Crippen molar-refractivity contribution < 1.29 is 14.6 Å². The molecule has 0 aliphatic rings. The number of thiazole rings is 1. The number of carbonyl (C=O) groups is 1. The number of hydrogen-bond acceptors (Lipinski definition) is 4. The SMILES string of the molecule is CCc1nc(Cc2ccc(OC)cc2)sc1CCC(=O)O. The third-order valence-electron chi connectivity index (χ3n) is 3.24. The summed E-state index contributed by atoms with van der Waals surface area (Å²) >= 11 is 1.63. The average molecular weight is 305 g/mol. The Balaban J connectivity index is 2.10. The Kier molecular flexibility index (Phi) is 5.33. The van der Waals surface area contributed by atoms with Gasteiger partial charge in [-0.15, -0.1) is 11.3 Å². The Morgan fingerprint density at radius 1 is 1.33 bits per heavy atom.